The van der Waals surface area contributed by atoms with Gasteiger partial charge in [0.15, 0.2) is 17.8 Å². The van der Waals surface area contributed by atoms with Gasteiger partial charge in [0.25, 0.3) is 0 Å². The maximum absolute atomic E-state index is 6.15. The van der Waals surface area contributed by atoms with E-state index in [1.807, 2.05) is 62.4 Å². The summed E-state index contributed by atoms with van der Waals surface area (Å²) in [4.78, 5) is 0. The Morgan fingerprint density at radius 3 is 1.78 bits per heavy atom. The molecule has 170 valence electrons. The molecule has 5 nitrogen and oxygen atoms in total. The van der Waals surface area contributed by atoms with E-state index in [4.69, 9.17) is 18.9 Å². The fourth-order valence-corrected chi connectivity index (χ4v) is 3.24. The van der Waals surface area contributed by atoms with Crippen molar-refractivity contribution in [3.63, 3.8) is 0 Å². The predicted molar refractivity (Wildman–Crippen MR) is 127 cm³/mol. The van der Waals surface area contributed by atoms with Crippen LogP contribution in [0.3, 0.4) is 0 Å². The summed E-state index contributed by atoms with van der Waals surface area (Å²) in [6, 6.07) is 26.3. The summed E-state index contributed by atoms with van der Waals surface area (Å²) in [5, 5.41) is 3.40. The molecule has 0 aliphatic carbocycles. The van der Waals surface area contributed by atoms with Crippen LogP contribution in [-0.4, -0.2) is 26.0 Å². The molecule has 3 aromatic carbocycles. The summed E-state index contributed by atoms with van der Waals surface area (Å²) in [6.45, 7) is 7.45. The normalized spacial score (nSPS) is 11.0. The second-order valence-electron chi connectivity index (χ2n) is 7.30. The van der Waals surface area contributed by atoms with Crippen molar-refractivity contribution >= 4 is 0 Å². The molecule has 0 saturated carbocycles. The molecule has 0 aliphatic heterocycles. The third-order valence-corrected chi connectivity index (χ3v) is 4.83. The van der Waals surface area contributed by atoms with E-state index in [2.05, 4.69) is 35.6 Å². The van der Waals surface area contributed by atoms with Crippen molar-refractivity contribution in [3.05, 3.63) is 95.6 Å². The first kappa shape index (κ1) is 23.8. The van der Waals surface area contributed by atoms with Crippen molar-refractivity contribution in [2.75, 3.05) is 19.8 Å². The Kier molecular flexibility index (Phi) is 10.1. The van der Waals surface area contributed by atoms with E-state index >= 15 is 0 Å². The van der Waals surface area contributed by atoms with E-state index < -0.39 is 0 Å². The average molecular weight is 436 g/mol. The van der Waals surface area contributed by atoms with E-state index in [0.717, 1.165) is 28.2 Å². The van der Waals surface area contributed by atoms with Crippen LogP contribution in [0.15, 0.2) is 78.9 Å². The molecule has 0 atom stereocenters. The standard InChI is InChI=1S/C27H33NO4/c1-3-29-27(30-4-2)19-28-18-24-15-16-25(31-20-22-11-7-5-8-12-22)26(17-24)32-21-23-13-9-6-10-14-23/h5-17,27-28H,3-4,18-21H2,1-2H3. The van der Waals surface area contributed by atoms with E-state index in [0.29, 0.717) is 39.5 Å². The van der Waals surface area contributed by atoms with Crippen molar-refractivity contribution in [1.29, 1.82) is 0 Å². The third-order valence-electron chi connectivity index (χ3n) is 4.83. The lowest BCUT2D eigenvalue weighted by atomic mass is 10.2. The fraction of sp³-hybridized carbons (Fsp3) is 0.333. The number of hydrogen-bond donors (Lipinski definition) is 1. The molecule has 0 amide bonds. The second-order valence-corrected chi connectivity index (χ2v) is 7.30. The lowest BCUT2D eigenvalue weighted by Crippen LogP contribution is -2.31. The Bertz CT molecular complexity index is 896. The molecule has 1 N–H and O–H groups in total. The molecule has 0 fully saturated rings. The summed E-state index contributed by atoms with van der Waals surface area (Å²) in [5.74, 6) is 1.46. The zero-order valence-electron chi connectivity index (χ0n) is 19.0. The fourth-order valence-electron chi connectivity index (χ4n) is 3.24. The first-order chi connectivity index (χ1) is 15.8. The number of benzene rings is 3. The van der Waals surface area contributed by atoms with Gasteiger partial charge in [-0.15, -0.1) is 0 Å². The van der Waals surface area contributed by atoms with Crippen LogP contribution in [0.2, 0.25) is 0 Å². The Hall–Kier alpha value is -2.86. The highest BCUT2D eigenvalue weighted by Crippen LogP contribution is 2.30. The zero-order valence-corrected chi connectivity index (χ0v) is 19.0. The predicted octanol–water partition coefficient (Wildman–Crippen LogP) is 5.33. The molecule has 0 unspecified atom stereocenters. The molecule has 3 rings (SSSR count). The van der Waals surface area contributed by atoms with Crippen LogP contribution in [0.4, 0.5) is 0 Å². The highest BCUT2D eigenvalue weighted by atomic mass is 16.7. The summed E-state index contributed by atoms with van der Waals surface area (Å²) in [5.41, 5.74) is 3.33. The Morgan fingerprint density at radius 1 is 0.656 bits per heavy atom. The molecule has 32 heavy (non-hydrogen) atoms. The van der Waals surface area contributed by atoms with Crippen molar-refractivity contribution < 1.29 is 18.9 Å². The highest BCUT2D eigenvalue weighted by Gasteiger charge is 2.10. The Morgan fingerprint density at radius 2 is 1.22 bits per heavy atom. The molecule has 0 aromatic heterocycles. The maximum atomic E-state index is 6.15. The Balaban J connectivity index is 1.65. The molecule has 0 radical (unpaired) electrons. The SMILES string of the molecule is CCOC(CNCc1ccc(OCc2ccccc2)c(OCc2ccccc2)c1)OCC. The van der Waals surface area contributed by atoms with Gasteiger partial charge in [-0.05, 0) is 42.7 Å². The largest absolute Gasteiger partial charge is 0.485 e. The van der Waals surface area contributed by atoms with Crippen LogP contribution in [0.5, 0.6) is 11.5 Å². The second kappa shape index (κ2) is 13.5. The first-order valence-electron chi connectivity index (χ1n) is 11.2. The van der Waals surface area contributed by atoms with Crippen LogP contribution < -0.4 is 14.8 Å². The van der Waals surface area contributed by atoms with E-state index in [-0.39, 0.29) is 6.29 Å². The summed E-state index contributed by atoms with van der Waals surface area (Å²) >= 11 is 0. The van der Waals surface area contributed by atoms with Crippen LogP contribution in [0, 0.1) is 0 Å². The molecular formula is C27H33NO4. The molecule has 0 saturated heterocycles. The van der Waals surface area contributed by atoms with Crippen LogP contribution in [0.25, 0.3) is 0 Å². The quantitative estimate of drug-likeness (QED) is 0.347. The van der Waals surface area contributed by atoms with Crippen LogP contribution in [0.1, 0.15) is 30.5 Å². The van der Waals surface area contributed by atoms with Crippen LogP contribution in [-0.2, 0) is 29.2 Å². The molecule has 5 heteroatoms. The van der Waals surface area contributed by atoms with Crippen molar-refractivity contribution in [2.24, 2.45) is 0 Å². The number of rotatable bonds is 14. The monoisotopic (exact) mass is 435 g/mol. The van der Waals surface area contributed by atoms with Gasteiger partial charge in [0, 0.05) is 26.3 Å². The topological polar surface area (TPSA) is 49.0 Å². The van der Waals surface area contributed by atoms with Gasteiger partial charge in [-0.2, -0.15) is 0 Å². The summed E-state index contributed by atoms with van der Waals surface area (Å²) in [7, 11) is 0. The van der Waals surface area contributed by atoms with E-state index in [1.165, 1.54) is 0 Å². The van der Waals surface area contributed by atoms with Crippen molar-refractivity contribution in [1.82, 2.24) is 5.32 Å². The highest BCUT2D eigenvalue weighted by molar-refractivity contribution is 5.43. The Labute approximate surface area is 191 Å². The van der Waals surface area contributed by atoms with E-state index in [9.17, 15) is 0 Å². The van der Waals surface area contributed by atoms with Gasteiger partial charge in [-0.25, -0.2) is 0 Å². The van der Waals surface area contributed by atoms with Gasteiger partial charge in [0.05, 0.1) is 0 Å². The van der Waals surface area contributed by atoms with Crippen molar-refractivity contribution in [2.45, 2.75) is 39.9 Å². The molecule has 0 aliphatic rings. The average Bonchev–Trinajstić information content (AvgIpc) is 2.83. The smallest absolute Gasteiger partial charge is 0.169 e. The van der Waals surface area contributed by atoms with E-state index in [1.54, 1.807) is 0 Å². The summed E-state index contributed by atoms with van der Waals surface area (Å²) < 4.78 is 23.4. The molecule has 0 heterocycles. The minimum absolute atomic E-state index is 0.243. The lowest BCUT2D eigenvalue weighted by molar-refractivity contribution is -0.133. The van der Waals surface area contributed by atoms with Gasteiger partial charge in [0.1, 0.15) is 13.2 Å². The summed E-state index contributed by atoms with van der Waals surface area (Å²) in [6.07, 6.45) is -0.243. The maximum Gasteiger partial charge on any atom is 0.169 e. The number of nitrogens with one attached hydrogen (secondary N) is 1. The number of ether oxygens (including phenoxy) is 4. The van der Waals surface area contributed by atoms with Crippen molar-refractivity contribution in [3.8, 4) is 11.5 Å². The first-order valence-corrected chi connectivity index (χ1v) is 11.2. The van der Waals surface area contributed by atoms with Gasteiger partial charge in [-0.3, -0.25) is 0 Å². The lowest BCUT2D eigenvalue weighted by Gasteiger charge is -2.18. The minimum Gasteiger partial charge on any atom is -0.485 e. The van der Waals surface area contributed by atoms with Gasteiger partial charge in [0.2, 0.25) is 0 Å². The molecular weight excluding hydrogens is 402 g/mol. The number of hydrogen-bond acceptors (Lipinski definition) is 5. The zero-order chi connectivity index (χ0) is 22.4. The molecule has 0 bridgehead atoms. The van der Waals surface area contributed by atoms with Gasteiger partial charge < -0.3 is 24.3 Å². The van der Waals surface area contributed by atoms with Gasteiger partial charge >= 0.3 is 0 Å². The molecule has 3 aromatic rings. The van der Waals surface area contributed by atoms with Gasteiger partial charge in [-0.1, -0.05) is 66.7 Å². The van der Waals surface area contributed by atoms with Crippen LogP contribution >= 0.6 is 0 Å². The molecule has 0 spiro atoms. The third kappa shape index (κ3) is 8.00. The minimum atomic E-state index is -0.243.